The van der Waals surface area contributed by atoms with Gasteiger partial charge < -0.3 is 25.6 Å². The van der Waals surface area contributed by atoms with Crippen LogP contribution < -0.4 is 16.0 Å². The Bertz CT molecular complexity index is 869. The number of amides is 3. The van der Waals surface area contributed by atoms with Crippen LogP contribution in [0.1, 0.15) is 99.3 Å². The summed E-state index contributed by atoms with van der Waals surface area (Å²) in [7, 11) is 6.56. The SMILES string of the molecule is [B]C(CC)(CC)C1CC(=O)N(CCCCCC(=O)N[C@@H](CCC=O)C(=C)N[C@H](C(=O)NC(C)C)C(C)C)C1=C. The summed E-state index contributed by atoms with van der Waals surface area (Å²) in [5.41, 5.74) is 1.33. The van der Waals surface area contributed by atoms with Crippen LogP contribution in [0.15, 0.2) is 24.6 Å². The Labute approximate surface area is 237 Å². The van der Waals surface area contributed by atoms with Crippen molar-refractivity contribution in [1.29, 1.82) is 0 Å². The maximum absolute atomic E-state index is 12.7. The van der Waals surface area contributed by atoms with Crippen molar-refractivity contribution >= 4 is 31.9 Å². The zero-order valence-corrected chi connectivity index (χ0v) is 25.1. The van der Waals surface area contributed by atoms with Gasteiger partial charge in [-0.1, -0.05) is 65.4 Å². The average molecular weight is 543 g/mol. The van der Waals surface area contributed by atoms with Crippen molar-refractivity contribution < 1.29 is 19.2 Å². The average Bonchev–Trinajstić information content (AvgIpc) is 3.16. The van der Waals surface area contributed by atoms with E-state index in [-0.39, 0.29) is 42.0 Å². The minimum atomic E-state index is -0.503. The highest BCUT2D eigenvalue weighted by Gasteiger charge is 2.42. The number of aldehydes is 1. The van der Waals surface area contributed by atoms with Crippen molar-refractivity contribution in [1.82, 2.24) is 20.9 Å². The van der Waals surface area contributed by atoms with Crippen molar-refractivity contribution in [3.8, 4) is 0 Å². The van der Waals surface area contributed by atoms with Crippen LogP contribution in [0.3, 0.4) is 0 Å². The van der Waals surface area contributed by atoms with E-state index in [0.717, 1.165) is 37.7 Å². The first kappa shape index (κ1) is 34.5. The van der Waals surface area contributed by atoms with Crippen molar-refractivity contribution in [2.24, 2.45) is 11.8 Å². The van der Waals surface area contributed by atoms with Gasteiger partial charge in [0.1, 0.15) is 12.3 Å². The van der Waals surface area contributed by atoms with Crippen LogP contribution in [-0.4, -0.2) is 61.4 Å². The van der Waals surface area contributed by atoms with Crippen molar-refractivity contribution in [2.75, 3.05) is 6.54 Å². The fourth-order valence-corrected chi connectivity index (χ4v) is 5.07. The van der Waals surface area contributed by atoms with Crippen molar-refractivity contribution in [3.05, 3.63) is 24.6 Å². The molecular formula is C30H51BN4O4. The Hall–Kier alpha value is -2.58. The number of allylic oxidation sites excluding steroid dienone is 1. The molecule has 3 atom stereocenters. The highest BCUT2D eigenvalue weighted by molar-refractivity contribution is 6.16. The predicted molar refractivity (Wildman–Crippen MR) is 158 cm³/mol. The van der Waals surface area contributed by atoms with E-state index in [1.807, 2.05) is 27.7 Å². The van der Waals surface area contributed by atoms with E-state index in [4.69, 9.17) is 7.85 Å². The molecule has 1 aliphatic heterocycles. The molecule has 1 unspecified atom stereocenters. The molecule has 0 saturated carbocycles. The lowest BCUT2D eigenvalue weighted by Gasteiger charge is -2.35. The summed E-state index contributed by atoms with van der Waals surface area (Å²) in [4.78, 5) is 50.8. The van der Waals surface area contributed by atoms with Crippen LogP contribution >= 0.6 is 0 Å². The first-order chi connectivity index (χ1) is 18.3. The third kappa shape index (κ3) is 10.5. The Morgan fingerprint density at radius 1 is 1.10 bits per heavy atom. The van der Waals surface area contributed by atoms with Crippen LogP contribution in [0, 0.1) is 11.8 Å². The molecule has 1 rings (SSSR count). The van der Waals surface area contributed by atoms with E-state index in [1.54, 1.807) is 4.90 Å². The van der Waals surface area contributed by atoms with Gasteiger partial charge in [-0.2, -0.15) is 0 Å². The third-order valence-corrected chi connectivity index (χ3v) is 7.77. The van der Waals surface area contributed by atoms with Gasteiger partial charge in [-0.15, -0.1) is 0 Å². The lowest BCUT2D eigenvalue weighted by Crippen LogP contribution is -2.51. The van der Waals surface area contributed by atoms with Crippen molar-refractivity contribution in [3.63, 3.8) is 0 Å². The number of rotatable bonds is 19. The molecule has 1 aliphatic rings. The number of carbonyl (C=O) groups excluding carboxylic acids is 4. The van der Waals surface area contributed by atoms with E-state index < -0.39 is 17.4 Å². The van der Waals surface area contributed by atoms with Gasteiger partial charge in [0.15, 0.2) is 0 Å². The van der Waals surface area contributed by atoms with Gasteiger partial charge in [0.05, 0.1) is 13.9 Å². The molecule has 218 valence electrons. The van der Waals surface area contributed by atoms with Gasteiger partial charge in [0.25, 0.3) is 0 Å². The maximum Gasteiger partial charge on any atom is 0.242 e. The van der Waals surface area contributed by atoms with Crippen LogP contribution in [0.4, 0.5) is 0 Å². The molecule has 1 heterocycles. The maximum atomic E-state index is 12.7. The lowest BCUT2D eigenvalue weighted by atomic mass is 9.56. The minimum absolute atomic E-state index is 0.00184. The van der Waals surface area contributed by atoms with Gasteiger partial charge in [-0.05, 0) is 39.0 Å². The van der Waals surface area contributed by atoms with Crippen LogP contribution in [0.5, 0.6) is 0 Å². The van der Waals surface area contributed by atoms with Gasteiger partial charge in [0, 0.05) is 49.2 Å². The smallest absolute Gasteiger partial charge is 0.242 e. The van der Waals surface area contributed by atoms with Gasteiger partial charge in [0.2, 0.25) is 17.7 Å². The molecule has 3 N–H and O–H groups in total. The summed E-state index contributed by atoms with van der Waals surface area (Å²) in [6, 6.07) is -0.964. The second kappa shape index (κ2) is 16.5. The standard InChI is InChI=1S/C30H51BN4O4/c1-9-30(31,10-2)24-19-27(38)35(23(24)8)17-13-11-12-16-26(37)34-25(15-14-18-36)22(7)33-28(20(3)4)29(39)32-21(5)6/h18,20-21,24-25,28,33H,7-17,19H2,1-6H3,(H,32,39)(H,34,37)/t24?,25-,28-/m0/s1. The van der Waals surface area contributed by atoms with E-state index in [2.05, 4.69) is 43.0 Å². The number of carbonyl (C=O) groups is 4. The van der Waals surface area contributed by atoms with Gasteiger partial charge >= 0.3 is 0 Å². The monoisotopic (exact) mass is 542 g/mol. The van der Waals surface area contributed by atoms with E-state index in [1.165, 1.54) is 0 Å². The second-order valence-electron chi connectivity index (χ2n) is 11.5. The summed E-state index contributed by atoms with van der Waals surface area (Å²) in [5, 5.41) is 8.66. The highest BCUT2D eigenvalue weighted by Crippen LogP contribution is 2.49. The summed E-state index contributed by atoms with van der Waals surface area (Å²) in [6.45, 7) is 20.6. The number of unbranched alkanes of at least 4 members (excludes halogenated alkanes) is 2. The molecule has 1 saturated heterocycles. The molecule has 0 bridgehead atoms. The minimum Gasteiger partial charge on any atom is -0.376 e. The highest BCUT2D eigenvalue weighted by atomic mass is 16.2. The molecule has 3 amide bonds. The van der Waals surface area contributed by atoms with Crippen LogP contribution in [0.25, 0.3) is 0 Å². The number of hydrogen-bond acceptors (Lipinski definition) is 5. The molecule has 0 spiro atoms. The Kier molecular flexibility index (Phi) is 14.6. The zero-order chi connectivity index (χ0) is 29.8. The Balaban J connectivity index is 2.59. The zero-order valence-electron chi connectivity index (χ0n) is 25.1. The van der Waals surface area contributed by atoms with Crippen LogP contribution in [-0.2, 0) is 19.2 Å². The molecule has 0 aromatic heterocycles. The largest absolute Gasteiger partial charge is 0.376 e. The number of hydrogen-bond donors (Lipinski definition) is 3. The molecule has 9 heteroatoms. The van der Waals surface area contributed by atoms with Crippen molar-refractivity contribution in [2.45, 2.75) is 123 Å². The molecule has 0 aromatic rings. The Morgan fingerprint density at radius 2 is 1.74 bits per heavy atom. The number of likely N-dealkylation sites (tertiary alicyclic amines) is 1. The topological polar surface area (TPSA) is 108 Å². The van der Waals surface area contributed by atoms with Gasteiger partial charge in [-0.25, -0.2) is 0 Å². The normalized spacial score (nSPS) is 17.3. The molecule has 0 aliphatic carbocycles. The fraction of sp³-hybridized carbons (Fsp3) is 0.733. The quantitative estimate of drug-likeness (QED) is 0.129. The molecule has 39 heavy (non-hydrogen) atoms. The van der Waals surface area contributed by atoms with E-state index in [0.29, 0.717) is 37.9 Å². The van der Waals surface area contributed by atoms with Crippen LogP contribution in [0.2, 0.25) is 5.31 Å². The molecule has 1 fully saturated rings. The summed E-state index contributed by atoms with van der Waals surface area (Å²) < 4.78 is 0. The summed E-state index contributed by atoms with van der Waals surface area (Å²) in [5.74, 6) is -0.217. The lowest BCUT2D eigenvalue weighted by molar-refractivity contribution is -0.127. The predicted octanol–water partition coefficient (Wildman–Crippen LogP) is 4.17. The molecule has 8 nitrogen and oxygen atoms in total. The Morgan fingerprint density at radius 3 is 2.28 bits per heavy atom. The first-order valence-electron chi connectivity index (χ1n) is 14.6. The van der Waals surface area contributed by atoms with E-state index in [9.17, 15) is 19.2 Å². The second-order valence-corrected chi connectivity index (χ2v) is 11.5. The van der Waals surface area contributed by atoms with E-state index >= 15 is 0 Å². The summed E-state index contributed by atoms with van der Waals surface area (Å²) in [6.07, 6.45) is 6.02. The van der Waals surface area contributed by atoms with Gasteiger partial charge in [-0.3, -0.25) is 14.4 Å². The molecule has 0 aromatic carbocycles. The molecule has 2 radical (unpaired) electrons. The fourth-order valence-electron chi connectivity index (χ4n) is 5.07. The summed E-state index contributed by atoms with van der Waals surface area (Å²) >= 11 is 0. The number of nitrogens with zero attached hydrogens (tertiary/aromatic N) is 1. The molecular weight excluding hydrogens is 491 g/mol. The third-order valence-electron chi connectivity index (χ3n) is 7.77. The number of nitrogens with one attached hydrogen (secondary N) is 3. The first-order valence-corrected chi connectivity index (χ1v) is 14.6.